The molecule has 0 bridgehead atoms. The Morgan fingerprint density at radius 3 is 2.60 bits per heavy atom. The summed E-state index contributed by atoms with van der Waals surface area (Å²) in [5.74, 6) is 0.799. The molecule has 2 aromatic carbocycles. The molecule has 0 saturated carbocycles. The van der Waals surface area contributed by atoms with Crippen LogP contribution in [0.25, 0.3) is 22.2 Å². The Kier molecular flexibility index (Phi) is 4.26. The minimum absolute atomic E-state index is 0.0994. The summed E-state index contributed by atoms with van der Waals surface area (Å²) in [6, 6.07) is 15.9. The van der Waals surface area contributed by atoms with Crippen LogP contribution in [0.1, 0.15) is 48.9 Å². The van der Waals surface area contributed by atoms with E-state index in [0.717, 1.165) is 50.4 Å². The summed E-state index contributed by atoms with van der Waals surface area (Å²) in [6.45, 7) is 4.27. The minimum atomic E-state index is -0.632. The fourth-order valence-electron chi connectivity index (χ4n) is 4.86. The number of hydrogen-bond donors (Lipinski definition) is 2. The Morgan fingerprint density at radius 1 is 1.13 bits per heavy atom. The molecular formula is C25H26N2O3. The van der Waals surface area contributed by atoms with E-state index in [1.54, 1.807) is 7.11 Å². The Balaban J connectivity index is 1.77. The molecule has 0 spiro atoms. The lowest BCUT2D eigenvalue weighted by Gasteiger charge is -2.37. The van der Waals surface area contributed by atoms with Gasteiger partial charge in [0.2, 0.25) is 0 Å². The summed E-state index contributed by atoms with van der Waals surface area (Å²) in [5, 5.41) is 23.4. The molecular weight excluding hydrogens is 376 g/mol. The van der Waals surface area contributed by atoms with Gasteiger partial charge in [-0.15, -0.1) is 0 Å². The Bertz CT molecular complexity index is 1210. The highest BCUT2D eigenvalue weighted by molar-refractivity contribution is 6.00. The predicted octanol–water partition coefficient (Wildman–Crippen LogP) is 4.98. The lowest BCUT2D eigenvalue weighted by molar-refractivity contribution is 0.0802. The van der Waals surface area contributed by atoms with E-state index in [9.17, 15) is 10.3 Å². The average molecular weight is 402 g/mol. The van der Waals surface area contributed by atoms with Gasteiger partial charge in [0.25, 0.3) is 0 Å². The van der Waals surface area contributed by atoms with Crippen LogP contribution in [-0.4, -0.2) is 27.1 Å². The fourth-order valence-corrected chi connectivity index (χ4v) is 4.86. The van der Waals surface area contributed by atoms with Crippen molar-refractivity contribution < 1.29 is 15.1 Å². The number of aliphatic hydroxyl groups is 1. The smallest absolute Gasteiger partial charge is 0.118 e. The topological polar surface area (TPSA) is 67.5 Å². The van der Waals surface area contributed by atoms with Crippen molar-refractivity contribution in [3.05, 3.63) is 71.0 Å². The van der Waals surface area contributed by atoms with Crippen LogP contribution in [0, 0.1) is 5.41 Å². The maximum absolute atomic E-state index is 11.3. The van der Waals surface area contributed by atoms with Crippen LogP contribution in [0.2, 0.25) is 0 Å². The molecule has 0 fully saturated rings. The molecule has 5 rings (SSSR count). The Labute approximate surface area is 175 Å². The molecule has 0 amide bonds. The molecule has 0 aromatic heterocycles. The first-order valence-corrected chi connectivity index (χ1v) is 10.3. The molecule has 1 aliphatic carbocycles. The normalized spacial score (nSPS) is 17.9. The van der Waals surface area contributed by atoms with Gasteiger partial charge in [-0.1, -0.05) is 44.2 Å². The number of methoxy groups -OCH3 is 1. The molecule has 30 heavy (non-hydrogen) atoms. The zero-order valence-electron chi connectivity index (χ0n) is 17.5. The third-order valence-electron chi connectivity index (χ3n) is 6.26. The number of aliphatic hydroxyl groups excluding tert-OH is 1. The van der Waals surface area contributed by atoms with Crippen molar-refractivity contribution in [1.82, 2.24) is 9.71 Å². The van der Waals surface area contributed by atoms with Crippen molar-refractivity contribution in [2.24, 2.45) is 5.41 Å². The summed E-state index contributed by atoms with van der Waals surface area (Å²) in [4.78, 5) is 4.87. The number of nitrogens with zero attached hydrogens (tertiary/aromatic N) is 2. The van der Waals surface area contributed by atoms with E-state index in [-0.39, 0.29) is 5.41 Å². The van der Waals surface area contributed by atoms with Crippen LogP contribution in [0.3, 0.4) is 0 Å². The molecule has 2 aliphatic heterocycles. The van der Waals surface area contributed by atoms with Crippen molar-refractivity contribution in [1.29, 1.82) is 0 Å². The number of aromatic nitrogens is 2. The van der Waals surface area contributed by atoms with Crippen LogP contribution in [0.5, 0.6) is 5.75 Å². The first-order valence-electron chi connectivity index (χ1n) is 10.3. The number of rotatable bonds is 3. The standard InChI is InChI=1S/C25H26N2O3/c1-25(2)13-20-23(21(28)14-25)22-17-6-4-5-7-18(17)26-24(22)19(27(20)29)12-15-8-10-16(30-3)11-9-15/h4-11,21,28-29H,12-14H2,1-3H3. The number of pyridine rings is 1. The highest BCUT2D eigenvalue weighted by Gasteiger charge is 2.38. The number of benzene rings is 2. The van der Waals surface area contributed by atoms with Gasteiger partial charge >= 0.3 is 0 Å². The molecule has 0 radical (unpaired) electrons. The first kappa shape index (κ1) is 18.9. The van der Waals surface area contributed by atoms with Gasteiger partial charge in [0.1, 0.15) is 5.75 Å². The quantitative estimate of drug-likeness (QED) is 0.474. The molecule has 3 aliphatic rings. The van der Waals surface area contributed by atoms with Crippen LogP contribution in [0.15, 0.2) is 48.5 Å². The van der Waals surface area contributed by atoms with Crippen LogP contribution in [0.4, 0.5) is 0 Å². The van der Waals surface area contributed by atoms with Gasteiger partial charge in [0.15, 0.2) is 0 Å². The summed E-state index contributed by atoms with van der Waals surface area (Å²) in [6.07, 6.45) is 1.25. The molecule has 5 nitrogen and oxygen atoms in total. The highest BCUT2D eigenvalue weighted by Crippen LogP contribution is 2.48. The zero-order valence-corrected chi connectivity index (χ0v) is 17.5. The van der Waals surface area contributed by atoms with Crippen molar-refractivity contribution in [3.8, 4) is 17.0 Å². The third kappa shape index (κ3) is 2.92. The average Bonchev–Trinajstić information content (AvgIpc) is 3.10. The van der Waals surface area contributed by atoms with Gasteiger partial charge in [-0.3, -0.25) is 0 Å². The second kappa shape index (κ2) is 6.74. The predicted molar refractivity (Wildman–Crippen MR) is 116 cm³/mol. The highest BCUT2D eigenvalue weighted by atomic mass is 16.5. The van der Waals surface area contributed by atoms with Gasteiger partial charge in [-0.25, -0.2) is 4.98 Å². The van der Waals surface area contributed by atoms with Crippen LogP contribution >= 0.6 is 0 Å². The van der Waals surface area contributed by atoms with Crippen molar-refractivity contribution in [2.75, 3.05) is 7.11 Å². The molecule has 154 valence electrons. The van der Waals surface area contributed by atoms with Gasteiger partial charge in [-0.05, 0) is 42.0 Å². The number of para-hydroxylation sites is 1. The maximum atomic E-state index is 11.3. The van der Waals surface area contributed by atoms with Crippen molar-refractivity contribution in [3.63, 3.8) is 0 Å². The molecule has 5 heteroatoms. The number of fused-ring (bicyclic) bond motifs is 5. The molecule has 2 heterocycles. The zero-order chi connectivity index (χ0) is 21.0. The Hall–Kier alpha value is -3.05. The minimum Gasteiger partial charge on any atom is -0.497 e. The van der Waals surface area contributed by atoms with E-state index >= 15 is 0 Å². The Morgan fingerprint density at radius 2 is 1.87 bits per heavy atom. The number of ether oxygens (including phenoxy) is 1. The fraction of sp³-hybridized carbons (Fsp3) is 0.320. The summed E-state index contributed by atoms with van der Waals surface area (Å²) in [7, 11) is 1.65. The van der Waals surface area contributed by atoms with Gasteiger partial charge in [-0.2, -0.15) is 4.73 Å². The first-order chi connectivity index (χ1) is 14.4. The second-order valence-corrected chi connectivity index (χ2v) is 9.06. The van der Waals surface area contributed by atoms with Crippen molar-refractivity contribution >= 4 is 10.9 Å². The van der Waals surface area contributed by atoms with Crippen LogP contribution < -0.4 is 4.74 Å². The van der Waals surface area contributed by atoms with Crippen molar-refractivity contribution in [2.45, 2.75) is 39.2 Å². The van der Waals surface area contributed by atoms with E-state index in [1.807, 2.05) is 42.5 Å². The summed E-state index contributed by atoms with van der Waals surface area (Å²) < 4.78 is 6.56. The third-order valence-corrected chi connectivity index (χ3v) is 6.26. The van der Waals surface area contributed by atoms with E-state index in [2.05, 4.69) is 19.9 Å². The largest absolute Gasteiger partial charge is 0.497 e. The lowest BCUT2D eigenvalue weighted by Crippen LogP contribution is -2.30. The second-order valence-electron chi connectivity index (χ2n) is 9.06. The molecule has 1 atom stereocenters. The number of hydrogen-bond acceptors (Lipinski definition) is 4. The van der Waals surface area contributed by atoms with E-state index in [4.69, 9.17) is 9.72 Å². The molecule has 2 N–H and O–H groups in total. The van der Waals surface area contributed by atoms with Gasteiger partial charge in [0, 0.05) is 22.9 Å². The maximum Gasteiger partial charge on any atom is 0.118 e. The van der Waals surface area contributed by atoms with Gasteiger partial charge < -0.3 is 15.1 Å². The summed E-state index contributed by atoms with van der Waals surface area (Å²) >= 11 is 0. The van der Waals surface area contributed by atoms with E-state index < -0.39 is 6.10 Å². The molecule has 2 aromatic rings. The van der Waals surface area contributed by atoms with E-state index in [0.29, 0.717) is 19.3 Å². The monoisotopic (exact) mass is 402 g/mol. The summed E-state index contributed by atoms with van der Waals surface area (Å²) in [5.41, 5.74) is 5.92. The molecule has 1 unspecified atom stereocenters. The SMILES string of the molecule is COc1ccc(Cc2c3nc4ccccc4c-3c3c(n2O)CC(C)(C)CC3O)cc1. The van der Waals surface area contributed by atoms with Crippen LogP contribution in [-0.2, 0) is 12.8 Å². The van der Waals surface area contributed by atoms with E-state index in [1.165, 1.54) is 4.73 Å². The molecule has 0 saturated heterocycles. The lowest BCUT2D eigenvalue weighted by atomic mass is 9.73. The van der Waals surface area contributed by atoms with Gasteiger partial charge in [0.05, 0.1) is 35.8 Å².